The Labute approximate surface area is 101 Å². The zero-order chi connectivity index (χ0) is 11.8. The summed E-state index contributed by atoms with van der Waals surface area (Å²) in [7, 11) is 1.66. The van der Waals surface area contributed by atoms with Crippen LogP contribution in [0.5, 0.6) is 5.75 Å². The van der Waals surface area contributed by atoms with E-state index in [4.69, 9.17) is 4.74 Å². The number of hydrogen-bond donors (Lipinski definition) is 0. The molecule has 0 bridgehead atoms. The summed E-state index contributed by atoms with van der Waals surface area (Å²) in [6, 6.07) is 7.88. The van der Waals surface area contributed by atoms with Gasteiger partial charge in [-0.15, -0.1) is 0 Å². The van der Waals surface area contributed by atoms with Gasteiger partial charge in [-0.05, 0) is 24.1 Å². The Morgan fingerprint density at radius 1 is 1.38 bits per heavy atom. The monoisotopic (exact) mass is 236 g/mol. The lowest BCUT2D eigenvalue weighted by Crippen LogP contribution is -1.84. The second-order valence-corrected chi connectivity index (χ2v) is 4.58. The third-order valence-corrected chi connectivity index (χ3v) is 2.86. The summed E-state index contributed by atoms with van der Waals surface area (Å²) in [5.74, 6) is 1.71. The van der Waals surface area contributed by atoms with Crippen LogP contribution < -0.4 is 4.74 Å². The van der Waals surface area contributed by atoms with E-state index >= 15 is 0 Å². The number of ether oxygens (including phenoxy) is 1. The van der Waals surface area contributed by atoms with Gasteiger partial charge in [0.2, 0.25) is 0 Å². The van der Waals surface area contributed by atoms with E-state index in [1.807, 2.05) is 24.3 Å². The fraction of sp³-hybridized carbons (Fsp3) is 0.308. The smallest absolute Gasteiger partial charge is 0.185 e. The molecule has 0 aromatic heterocycles. The quantitative estimate of drug-likeness (QED) is 0.733. The molecule has 1 aromatic carbocycles. The van der Waals surface area contributed by atoms with Gasteiger partial charge in [-0.2, -0.15) is 0 Å². The highest BCUT2D eigenvalue weighted by Gasteiger charge is 1.92. The van der Waals surface area contributed by atoms with Crippen molar-refractivity contribution in [2.24, 2.45) is 0 Å². The summed E-state index contributed by atoms with van der Waals surface area (Å²) in [5, 5.41) is 0.179. The first-order chi connectivity index (χ1) is 7.72. The lowest BCUT2D eigenvalue weighted by Gasteiger charge is -1.98. The number of thioether (sulfide) groups is 1. The summed E-state index contributed by atoms with van der Waals surface area (Å²) >= 11 is 1.36. The number of allylic oxidation sites excluding steroid dienone is 1. The standard InChI is InChI=1S/C13H16O2S/c1-11(14)16-10-4-3-5-12-6-8-13(15-2)9-7-12/h3,5-9H,4,10H2,1-2H3. The molecular formula is C13H16O2S. The average Bonchev–Trinajstić information content (AvgIpc) is 2.29. The number of carbonyl (C=O) groups is 1. The van der Waals surface area contributed by atoms with Gasteiger partial charge in [-0.1, -0.05) is 36.0 Å². The molecule has 0 N–H and O–H groups in total. The molecule has 0 aliphatic rings. The summed E-state index contributed by atoms with van der Waals surface area (Å²) in [5.41, 5.74) is 1.15. The summed E-state index contributed by atoms with van der Waals surface area (Å²) in [4.78, 5) is 10.7. The highest BCUT2D eigenvalue weighted by atomic mass is 32.2. The molecule has 0 radical (unpaired) electrons. The molecule has 0 amide bonds. The fourth-order valence-corrected chi connectivity index (χ4v) is 1.75. The van der Waals surface area contributed by atoms with Crippen LogP contribution in [0.1, 0.15) is 18.9 Å². The Morgan fingerprint density at radius 3 is 2.62 bits per heavy atom. The van der Waals surface area contributed by atoms with Gasteiger partial charge >= 0.3 is 0 Å². The van der Waals surface area contributed by atoms with Crippen LogP contribution in [0.2, 0.25) is 0 Å². The zero-order valence-corrected chi connectivity index (χ0v) is 10.4. The number of methoxy groups -OCH3 is 1. The first kappa shape index (κ1) is 12.8. The molecular weight excluding hydrogens is 220 g/mol. The van der Waals surface area contributed by atoms with Gasteiger partial charge in [0, 0.05) is 12.7 Å². The maximum Gasteiger partial charge on any atom is 0.185 e. The average molecular weight is 236 g/mol. The second kappa shape index (κ2) is 7.12. The maximum absolute atomic E-state index is 10.7. The Bertz CT molecular complexity index is 355. The maximum atomic E-state index is 10.7. The van der Waals surface area contributed by atoms with E-state index in [0.717, 1.165) is 23.5 Å². The normalized spacial score (nSPS) is 10.6. The van der Waals surface area contributed by atoms with E-state index in [1.54, 1.807) is 14.0 Å². The minimum atomic E-state index is 0.179. The van der Waals surface area contributed by atoms with Crippen molar-refractivity contribution < 1.29 is 9.53 Å². The number of benzene rings is 1. The molecule has 0 heterocycles. The SMILES string of the molecule is COc1ccc(C=CCCSC(C)=O)cc1. The minimum Gasteiger partial charge on any atom is -0.497 e. The molecule has 0 aliphatic carbocycles. The van der Waals surface area contributed by atoms with Crippen LogP contribution in [-0.2, 0) is 4.79 Å². The molecule has 0 saturated heterocycles. The topological polar surface area (TPSA) is 26.3 Å². The number of rotatable bonds is 5. The molecule has 16 heavy (non-hydrogen) atoms. The van der Waals surface area contributed by atoms with Crippen LogP contribution in [0.4, 0.5) is 0 Å². The summed E-state index contributed by atoms with van der Waals surface area (Å²) < 4.78 is 5.07. The molecule has 1 aromatic rings. The number of carbonyl (C=O) groups excluding carboxylic acids is 1. The van der Waals surface area contributed by atoms with Crippen molar-refractivity contribution in [1.29, 1.82) is 0 Å². The van der Waals surface area contributed by atoms with Crippen molar-refractivity contribution in [3.05, 3.63) is 35.9 Å². The molecule has 0 spiro atoms. The largest absolute Gasteiger partial charge is 0.497 e. The van der Waals surface area contributed by atoms with E-state index in [2.05, 4.69) is 12.2 Å². The van der Waals surface area contributed by atoms with Crippen LogP contribution in [0.3, 0.4) is 0 Å². The third-order valence-electron chi connectivity index (χ3n) is 2.02. The lowest BCUT2D eigenvalue weighted by molar-refractivity contribution is -0.109. The summed E-state index contributed by atoms with van der Waals surface area (Å²) in [6.45, 7) is 1.60. The molecule has 0 saturated carbocycles. The van der Waals surface area contributed by atoms with Crippen molar-refractivity contribution in [3.8, 4) is 5.75 Å². The highest BCUT2D eigenvalue weighted by molar-refractivity contribution is 8.13. The second-order valence-electron chi connectivity index (χ2n) is 3.30. The molecule has 3 heteroatoms. The molecule has 86 valence electrons. The molecule has 0 fully saturated rings. The summed E-state index contributed by atoms with van der Waals surface area (Å²) in [6.07, 6.45) is 5.05. The Morgan fingerprint density at radius 2 is 2.06 bits per heavy atom. The van der Waals surface area contributed by atoms with Gasteiger partial charge in [0.15, 0.2) is 5.12 Å². The fourth-order valence-electron chi connectivity index (χ4n) is 1.21. The van der Waals surface area contributed by atoms with Crippen molar-refractivity contribution in [2.45, 2.75) is 13.3 Å². The van der Waals surface area contributed by atoms with E-state index < -0.39 is 0 Å². The van der Waals surface area contributed by atoms with E-state index in [0.29, 0.717) is 0 Å². The lowest BCUT2D eigenvalue weighted by atomic mass is 10.2. The van der Waals surface area contributed by atoms with Crippen molar-refractivity contribution in [2.75, 3.05) is 12.9 Å². The van der Waals surface area contributed by atoms with Crippen molar-refractivity contribution in [1.82, 2.24) is 0 Å². The van der Waals surface area contributed by atoms with Crippen LogP contribution in [0.15, 0.2) is 30.3 Å². The minimum absolute atomic E-state index is 0.179. The first-order valence-electron chi connectivity index (χ1n) is 5.16. The van der Waals surface area contributed by atoms with Crippen LogP contribution in [0, 0.1) is 0 Å². The van der Waals surface area contributed by atoms with E-state index in [-0.39, 0.29) is 5.12 Å². The third kappa shape index (κ3) is 5.03. The van der Waals surface area contributed by atoms with Gasteiger partial charge in [0.1, 0.15) is 5.75 Å². The highest BCUT2D eigenvalue weighted by Crippen LogP contribution is 2.13. The van der Waals surface area contributed by atoms with Crippen molar-refractivity contribution >= 4 is 23.0 Å². The zero-order valence-electron chi connectivity index (χ0n) is 9.60. The van der Waals surface area contributed by atoms with Gasteiger partial charge in [0.05, 0.1) is 7.11 Å². The van der Waals surface area contributed by atoms with Gasteiger partial charge in [0.25, 0.3) is 0 Å². The number of hydrogen-bond acceptors (Lipinski definition) is 3. The Balaban J connectivity index is 2.35. The van der Waals surface area contributed by atoms with Crippen LogP contribution in [-0.4, -0.2) is 18.0 Å². The van der Waals surface area contributed by atoms with Crippen LogP contribution >= 0.6 is 11.8 Å². The van der Waals surface area contributed by atoms with Crippen molar-refractivity contribution in [3.63, 3.8) is 0 Å². The molecule has 1 rings (SSSR count). The molecule has 0 unspecified atom stereocenters. The molecule has 0 aliphatic heterocycles. The Kier molecular flexibility index (Phi) is 5.72. The predicted octanol–water partition coefficient (Wildman–Crippen LogP) is 3.38. The Hall–Kier alpha value is -1.22. The first-order valence-corrected chi connectivity index (χ1v) is 6.15. The predicted molar refractivity (Wildman–Crippen MR) is 69.8 cm³/mol. The van der Waals surface area contributed by atoms with Gasteiger partial charge in [-0.25, -0.2) is 0 Å². The van der Waals surface area contributed by atoms with E-state index in [9.17, 15) is 4.79 Å². The molecule has 0 atom stereocenters. The van der Waals surface area contributed by atoms with Crippen LogP contribution in [0.25, 0.3) is 6.08 Å². The van der Waals surface area contributed by atoms with Gasteiger partial charge in [-0.3, -0.25) is 4.79 Å². The molecule has 2 nitrogen and oxygen atoms in total. The van der Waals surface area contributed by atoms with Gasteiger partial charge < -0.3 is 4.74 Å². The van der Waals surface area contributed by atoms with E-state index in [1.165, 1.54) is 11.8 Å².